The Kier molecular flexibility index (Phi) is 4.11. The molecule has 2 heterocycles. The van der Waals surface area contributed by atoms with Gasteiger partial charge in [-0.1, -0.05) is 6.07 Å². The van der Waals surface area contributed by atoms with Crippen LogP contribution in [0.25, 0.3) is 0 Å². The summed E-state index contributed by atoms with van der Waals surface area (Å²) < 4.78 is 0. The lowest BCUT2D eigenvalue weighted by Crippen LogP contribution is -2.53. The largest absolute Gasteiger partial charge is 0.354 e. The second kappa shape index (κ2) is 5.47. The third kappa shape index (κ3) is 3.45. The van der Waals surface area contributed by atoms with Crippen molar-refractivity contribution in [3.05, 3.63) is 23.9 Å². The van der Waals surface area contributed by atoms with Gasteiger partial charge in [0.25, 0.3) is 0 Å². The molecule has 0 amide bonds. The topological polar surface area (TPSA) is 45.4 Å². The summed E-state index contributed by atoms with van der Waals surface area (Å²) >= 11 is 0. The van der Waals surface area contributed by atoms with Crippen LogP contribution >= 0.6 is 0 Å². The highest BCUT2D eigenvalue weighted by Crippen LogP contribution is 2.20. The van der Waals surface area contributed by atoms with Crippen molar-refractivity contribution in [2.75, 3.05) is 31.1 Å². The molecule has 1 aliphatic heterocycles. The lowest BCUT2D eigenvalue weighted by atomic mass is 10.0. The van der Waals surface area contributed by atoms with Crippen LogP contribution in [-0.2, 0) is 0 Å². The third-order valence-electron chi connectivity index (χ3n) is 3.85. The predicted molar refractivity (Wildman–Crippen MR) is 80.4 cm³/mol. The number of hydrogen-bond acceptors (Lipinski definition) is 4. The minimum Gasteiger partial charge on any atom is -0.354 e. The van der Waals surface area contributed by atoms with E-state index in [1.165, 1.54) is 0 Å². The van der Waals surface area contributed by atoms with Gasteiger partial charge in [-0.2, -0.15) is 0 Å². The fraction of sp³-hybridized carbons (Fsp3) is 0.667. The third-order valence-corrected chi connectivity index (χ3v) is 3.85. The summed E-state index contributed by atoms with van der Waals surface area (Å²) in [4.78, 5) is 9.42. The zero-order chi connectivity index (χ0) is 14.0. The van der Waals surface area contributed by atoms with Crippen molar-refractivity contribution >= 4 is 5.82 Å². The first kappa shape index (κ1) is 14.3. The van der Waals surface area contributed by atoms with E-state index in [0.29, 0.717) is 0 Å². The van der Waals surface area contributed by atoms with Gasteiger partial charge in [0.15, 0.2) is 0 Å². The average Bonchev–Trinajstić information content (AvgIpc) is 2.38. The fourth-order valence-electron chi connectivity index (χ4n) is 2.46. The second-order valence-electron chi connectivity index (χ2n) is 6.38. The highest BCUT2D eigenvalue weighted by atomic mass is 15.3. The van der Waals surface area contributed by atoms with Crippen molar-refractivity contribution < 1.29 is 0 Å². The minimum atomic E-state index is 0.0549. The average molecular weight is 262 g/mol. The summed E-state index contributed by atoms with van der Waals surface area (Å²) in [6.07, 6.45) is 1.90. The summed E-state index contributed by atoms with van der Waals surface area (Å²) in [5.74, 6) is 1.07. The van der Waals surface area contributed by atoms with Crippen molar-refractivity contribution in [3.63, 3.8) is 0 Å². The Hall–Kier alpha value is -1.13. The van der Waals surface area contributed by atoms with E-state index in [0.717, 1.165) is 37.6 Å². The molecule has 106 valence electrons. The van der Waals surface area contributed by atoms with Crippen LogP contribution in [0.4, 0.5) is 5.82 Å². The quantitative estimate of drug-likeness (QED) is 0.885. The molecule has 4 heteroatoms. The molecule has 1 fully saturated rings. The Morgan fingerprint density at radius 2 is 1.79 bits per heavy atom. The number of pyridine rings is 1. The number of nitrogens with zero attached hydrogens (tertiary/aromatic N) is 3. The summed E-state index contributed by atoms with van der Waals surface area (Å²) in [5, 5.41) is 0. The van der Waals surface area contributed by atoms with Crippen LogP contribution in [-0.4, -0.2) is 41.6 Å². The van der Waals surface area contributed by atoms with Gasteiger partial charge >= 0.3 is 0 Å². The van der Waals surface area contributed by atoms with Crippen LogP contribution in [0.15, 0.2) is 18.3 Å². The van der Waals surface area contributed by atoms with Crippen molar-refractivity contribution in [1.82, 2.24) is 9.88 Å². The molecule has 0 aliphatic carbocycles. The summed E-state index contributed by atoms with van der Waals surface area (Å²) in [6, 6.07) is 4.23. The maximum Gasteiger partial charge on any atom is 0.128 e. The normalized spacial score (nSPS) is 19.5. The molecule has 0 bridgehead atoms. The van der Waals surface area contributed by atoms with E-state index in [2.05, 4.69) is 47.7 Å². The Morgan fingerprint density at radius 3 is 2.21 bits per heavy atom. The van der Waals surface area contributed by atoms with Crippen molar-refractivity contribution in [2.45, 2.75) is 39.3 Å². The number of anilines is 1. The maximum absolute atomic E-state index is 5.85. The lowest BCUT2D eigenvalue weighted by Gasteiger charge is -2.42. The minimum absolute atomic E-state index is 0.0549. The molecular formula is C15H26N4. The Labute approximate surface area is 116 Å². The summed E-state index contributed by atoms with van der Waals surface area (Å²) in [7, 11) is 0. The molecule has 0 aromatic carbocycles. The van der Waals surface area contributed by atoms with E-state index in [-0.39, 0.29) is 11.6 Å². The Balaban J connectivity index is 1.98. The van der Waals surface area contributed by atoms with Gasteiger partial charge in [0.1, 0.15) is 5.82 Å². The molecule has 4 nitrogen and oxygen atoms in total. The first-order valence-corrected chi connectivity index (χ1v) is 7.09. The molecule has 1 aliphatic rings. The smallest absolute Gasteiger partial charge is 0.128 e. The number of rotatable bonds is 2. The maximum atomic E-state index is 5.85. The lowest BCUT2D eigenvalue weighted by molar-refractivity contribution is 0.128. The van der Waals surface area contributed by atoms with Crippen LogP contribution < -0.4 is 10.6 Å². The molecule has 19 heavy (non-hydrogen) atoms. The molecule has 2 rings (SSSR count). The first-order chi connectivity index (χ1) is 8.88. The number of aromatic nitrogens is 1. The Bertz CT molecular complexity index is 397. The summed E-state index contributed by atoms with van der Waals surface area (Å²) in [5.41, 5.74) is 7.20. The molecule has 1 aromatic heterocycles. The summed E-state index contributed by atoms with van der Waals surface area (Å²) in [6.45, 7) is 13.1. The van der Waals surface area contributed by atoms with E-state index in [4.69, 9.17) is 5.73 Å². The van der Waals surface area contributed by atoms with E-state index in [1.807, 2.05) is 13.1 Å². The van der Waals surface area contributed by atoms with Crippen LogP contribution in [0.2, 0.25) is 0 Å². The Morgan fingerprint density at radius 1 is 1.16 bits per heavy atom. The van der Waals surface area contributed by atoms with Gasteiger partial charge < -0.3 is 10.6 Å². The number of hydrogen-bond donors (Lipinski definition) is 1. The molecule has 2 N–H and O–H groups in total. The second-order valence-corrected chi connectivity index (χ2v) is 6.38. The van der Waals surface area contributed by atoms with Gasteiger partial charge in [-0.05, 0) is 39.3 Å². The first-order valence-electron chi connectivity index (χ1n) is 7.09. The van der Waals surface area contributed by atoms with Gasteiger partial charge in [-0.15, -0.1) is 0 Å². The number of nitrogens with two attached hydrogens (primary N) is 1. The van der Waals surface area contributed by atoms with Gasteiger partial charge in [0.05, 0.1) is 0 Å². The van der Waals surface area contributed by atoms with E-state index in [9.17, 15) is 0 Å². The van der Waals surface area contributed by atoms with Crippen molar-refractivity contribution in [3.8, 4) is 0 Å². The van der Waals surface area contributed by atoms with Crippen molar-refractivity contribution in [1.29, 1.82) is 0 Å². The standard InChI is InChI=1S/C15H26N4/c1-12(16)13-5-6-14(17-11-13)18-7-9-19(10-8-18)15(2,3)4/h5-6,11-12H,7-10,16H2,1-4H3/t12-/m1/s1. The van der Waals surface area contributed by atoms with Gasteiger partial charge in [0, 0.05) is 44.0 Å². The molecule has 0 radical (unpaired) electrons. The van der Waals surface area contributed by atoms with E-state index < -0.39 is 0 Å². The predicted octanol–water partition coefficient (Wildman–Crippen LogP) is 2.02. The highest BCUT2D eigenvalue weighted by Gasteiger charge is 2.26. The van der Waals surface area contributed by atoms with Crippen molar-refractivity contribution in [2.24, 2.45) is 5.73 Å². The SMILES string of the molecule is C[C@@H](N)c1ccc(N2CCN(C(C)(C)C)CC2)nc1. The van der Waals surface area contributed by atoms with E-state index in [1.54, 1.807) is 0 Å². The molecule has 0 unspecified atom stereocenters. The fourth-order valence-corrected chi connectivity index (χ4v) is 2.46. The monoisotopic (exact) mass is 262 g/mol. The molecule has 1 saturated heterocycles. The molecule has 1 atom stereocenters. The molecule has 0 spiro atoms. The number of piperazine rings is 1. The molecule has 1 aromatic rings. The van der Waals surface area contributed by atoms with Crippen LogP contribution in [0, 0.1) is 0 Å². The zero-order valence-corrected chi connectivity index (χ0v) is 12.6. The van der Waals surface area contributed by atoms with E-state index >= 15 is 0 Å². The highest BCUT2D eigenvalue weighted by molar-refractivity contribution is 5.40. The molecular weight excluding hydrogens is 236 g/mol. The van der Waals surface area contributed by atoms with Crippen LogP contribution in [0.5, 0.6) is 0 Å². The van der Waals surface area contributed by atoms with Gasteiger partial charge in [0.2, 0.25) is 0 Å². The molecule has 0 saturated carbocycles. The van der Waals surface area contributed by atoms with Crippen LogP contribution in [0.3, 0.4) is 0 Å². The zero-order valence-electron chi connectivity index (χ0n) is 12.6. The van der Waals surface area contributed by atoms with Gasteiger partial charge in [-0.3, -0.25) is 4.90 Å². The van der Waals surface area contributed by atoms with Crippen LogP contribution in [0.1, 0.15) is 39.3 Å². The van der Waals surface area contributed by atoms with Gasteiger partial charge in [-0.25, -0.2) is 4.98 Å².